The molecule has 0 aliphatic rings. The zero-order chi connectivity index (χ0) is 14.3. The van der Waals surface area contributed by atoms with Crippen LogP contribution in [0.2, 0.25) is 0 Å². The van der Waals surface area contributed by atoms with Gasteiger partial charge in [-0.05, 0) is 31.0 Å². The highest BCUT2D eigenvalue weighted by Gasteiger charge is 2.14. The van der Waals surface area contributed by atoms with E-state index in [1.54, 1.807) is 0 Å². The van der Waals surface area contributed by atoms with E-state index in [9.17, 15) is 4.79 Å². The summed E-state index contributed by atoms with van der Waals surface area (Å²) < 4.78 is 5.70. The highest BCUT2D eigenvalue weighted by molar-refractivity contribution is 5.93. The van der Waals surface area contributed by atoms with Gasteiger partial charge in [-0.2, -0.15) is 0 Å². The van der Waals surface area contributed by atoms with Gasteiger partial charge in [-0.3, -0.25) is 4.79 Å². The summed E-state index contributed by atoms with van der Waals surface area (Å²) >= 11 is 0. The van der Waals surface area contributed by atoms with E-state index in [0.29, 0.717) is 31.2 Å². The minimum Gasteiger partial charge on any atom is -0.491 e. The maximum absolute atomic E-state index is 12.0. The van der Waals surface area contributed by atoms with Crippen molar-refractivity contribution in [1.29, 1.82) is 0 Å². The second kappa shape index (κ2) is 7.79. The van der Waals surface area contributed by atoms with E-state index < -0.39 is 0 Å². The van der Waals surface area contributed by atoms with Crippen molar-refractivity contribution in [2.24, 2.45) is 17.6 Å². The Hall–Kier alpha value is -1.55. The summed E-state index contributed by atoms with van der Waals surface area (Å²) in [6.07, 6.45) is 0.681. The fraction of sp³-hybridized carbons (Fsp3) is 0.533. The summed E-state index contributed by atoms with van der Waals surface area (Å²) in [5.41, 5.74) is 6.19. The first-order valence-electron chi connectivity index (χ1n) is 6.77. The number of nitrogens with one attached hydrogen (secondary N) is 1. The number of ether oxygens (including phenoxy) is 1. The topological polar surface area (TPSA) is 64.3 Å². The van der Waals surface area contributed by atoms with Gasteiger partial charge in [0.1, 0.15) is 5.75 Å². The third-order valence-electron chi connectivity index (χ3n) is 2.76. The first-order chi connectivity index (χ1) is 9.04. The van der Waals surface area contributed by atoms with Gasteiger partial charge < -0.3 is 15.8 Å². The molecule has 1 aromatic carbocycles. The number of anilines is 1. The van der Waals surface area contributed by atoms with Gasteiger partial charge in [-0.25, -0.2) is 0 Å². The molecular weight excluding hydrogens is 240 g/mol. The van der Waals surface area contributed by atoms with Crippen LogP contribution in [0.15, 0.2) is 24.3 Å². The Morgan fingerprint density at radius 1 is 1.32 bits per heavy atom. The highest BCUT2D eigenvalue weighted by Crippen LogP contribution is 2.25. The Balaban J connectivity index is 2.69. The molecule has 0 aromatic heterocycles. The Labute approximate surface area is 115 Å². The van der Waals surface area contributed by atoms with Gasteiger partial charge in [0.15, 0.2) is 0 Å². The Bertz CT molecular complexity index is 405. The number of hydrogen-bond acceptors (Lipinski definition) is 3. The van der Waals surface area contributed by atoms with E-state index in [0.717, 1.165) is 5.69 Å². The van der Waals surface area contributed by atoms with Crippen molar-refractivity contribution in [2.45, 2.75) is 27.2 Å². The standard InChI is InChI=1S/C15H24N2O2/c1-11(2)10-19-14-7-5-4-6-13(14)17-15(18)12(3)8-9-16/h4-7,11-12H,8-10,16H2,1-3H3,(H,17,18). The zero-order valence-corrected chi connectivity index (χ0v) is 12.0. The Kier molecular flexibility index (Phi) is 6.36. The predicted octanol–water partition coefficient (Wildman–Crippen LogP) is 2.64. The van der Waals surface area contributed by atoms with Crippen LogP contribution in [-0.2, 0) is 4.79 Å². The van der Waals surface area contributed by atoms with Crippen molar-refractivity contribution in [3.8, 4) is 5.75 Å². The average Bonchev–Trinajstić information content (AvgIpc) is 2.37. The fourth-order valence-electron chi connectivity index (χ4n) is 1.59. The SMILES string of the molecule is CC(C)COc1ccccc1NC(=O)C(C)CCN. The van der Waals surface area contributed by atoms with Crippen LogP contribution in [-0.4, -0.2) is 19.1 Å². The number of amides is 1. The Morgan fingerprint density at radius 2 is 2.00 bits per heavy atom. The quantitative estimate of drug-likeness (QED) is 0.795. The molecule has 0 fully saturated rings. The summed E-state index contributed by atoms with van der Waals surface area (Å²) in [6, 6.07) is 7.49. The fourth-order valence-corrected chi connectivity index (χ4v) is 1.59. The van der Waals surface area contributed by atoms with Crippen LogP contribution < -0.4 is 15.8 Å². The van der Waals surface area contributed by atoms with Crippen LogP contribution in [0.25, 0.3) is 0 Å². The molecule has 0 spiro atoms. The van der Waals surface area contributed by atoms with Gasteiger partial charge in [-0.15, -0.1) is 0 Å². The molecule has 1 unspecified atom stereocenters. The molecule has 3 N–H and O–H groups in total. The molecule has 1 aromatic rings. The van der Waals surface area contributed by atoms with Crippen molar-refractivity contribution < 1.29 is 9.53 Å². The smallest absolute Gasteiger partial charge is 0.227 e. The lowest BCUT2D eigenvalue weighted by atomic mass is 10.1. The number of nitrogens with two attached hydrogens (primary N) is 1. The van der Waals surface area contributed by atoms with Gasteiger partial charge in [0.05, 0.1) is 12.3 Å². The number of rotatable bonds is 7. The molecule has 4 nitrogen and oxygen atoms in total. The average molecular weight is 264 g/mol. The molecule has 0 saturated heterocycles. The van der Waals surface area contributed by atoms with E-state index in [1.165, 1.54) is 0 Å². The molecule has 1 amide bonds. The van der Waals surface area contributed by atoms with Crippen molar-refractivity contribution in [1.82, 2.24) is 0 Å². The lowest BCUT2D eigenvalue weighted by Crippen LogP contribution is -2.23. The summed E-state index contributed by atoms with van der Waals surface area (Å²) in [5, 5.41) is 2.90. The molecule has 1 rings (SSSR count). The molecule has 19 heavy (non-hydrogen) atoms. The van der Waals surface area contributed by atoms with Gasteiger partial charge >= 0.3 is 0 Å². The molecular formula is C15H24N2O2. The first-order valence-corrected chi connectivity index (χ1v) is 6.77. The van der Waals surface area contributed by atoms with Crippen LogP contribution in [0.3, 0.4) is 0 Å². The lowest BCUT2D eigenvalue weighted by molar-refractivity contribution is -0.119. The van der Waals surface area contributed by atoms with E-state index in [2.05, 4.69) is 19.2 Å². The van der Waals surface area contributed by atoms with Crippen molar-refractivity contribution in [3.05, 3.63) is 24.3 Å². The molecule has 0 saturated carbocycles. The van der Waals surface area contributed by atoms with E-state index in [1.807, 2.05) is 31.2 Å². The summed E-state index contributed by atoms with van der Waals surface area (Å²) in [6.45, 7) is 7.19. The van der Waals surface area contributed by atoms with E-state index in [4.69, 9.17) is 10.5 Å². The van der Waals surface area contributed by atoms with E-state index in [-0.39, 0.29) is 11.8 Å². The maximum atomic E-state index is 12.0. The second-order valence-electron chi connectivity index (χ2n) is 5.17. The largest absolute Gasteiger partial charge is 0.491 e. The molecule has 1 atom stereocenters. The second-order valence-corrected chi connectivity index (χ2v) is 5.17. The summed E-state index contributed by atoms with van der Waals surface area (Å²) in [7, 11) is 0. The van der Waals surface area contributed by atoms with Crippen LogP contribution in [0.4, 0.5) is 5.69 Å². The highest BCUT2D eigenvalue weighted by atomic mass is 16.5. The molecule has 0 aliphatic heterocycles. The minimum absolute atomic E-state index is 0.0222. The molecule has 0 radical (unpaired) electrons. The number of benzene rings is 1. The number of para-hydroxylation sites is 2. The van der Waals surface area contributed by atoms with Gasteiger partial charge in [0, 0.05) is 5.92 Å². The van der Waals surface area contributed by atoms with Crippen LogP contribution in [0, 0.1) is 11.8 Å². The van der Waals surface area contributed by atoms with Gasteiger partial charge in [0.25, 0.3) is 0 Å². The van der Waals surface area contributed by atoms with Crippen molar-refractivity contribution in [3.63, 3.8) is 0 Å². The third-order valence-corrected chi connectivity index (χ3v) is 2.76. The third kappa shape index (κ3) is 5.30. The Morgan fingerprint density at radius 3 is 2.63 bits per heavy atom. The van der Waals surface area contributed by atoms with Crippen molar-refractivity contribution >= 4 is 11.6 Å². The molecule has 0 heterocycles. The normalized spacial score (nSPS) is 12.3. The van der Waals surface area contributed by atoms with Gasteiger partial charge in [-0.1, -0.05) is 32.9 Å². The van der Waals surface area contributed by atoms with Gasteiger partial charge in [0.2, 0.25) is 5.91 Å². The number of carbonyl (C=O) groups is 1. The summed E-state index contributed by atoms with van der Waals surface area (Å²) in [4.78, 5) is 12.0. The monoisotopic (exact) mass is 264 g/mol. The van der Waals surface area contributed by atoms with Crippen LogP contribution in [0.5, 0.6) is 5.75 Å². The predicted molar refractivity (Wildman–Crippen MR) is 78.2 cm³/mol. The number of carbonyl (C=O) groups excluding carboxylic acids is 1. The first kappa shape index (κ1) is 15.5. The molecule has 0 bridgehead atoms. The lowest BCUT2D eigenvalue weighted by Gasteiger charge is -2.15. The number of hydrogen-bond donors (Lipinski definition) is 2. The van der Waals surface area contributed by atoms with Crippen LogP contribution in [0.1, 0.15) is 27.2 Å². The minimum atomic E-state index is -0.0943. The molecule has 4 heteroatoms. The van der Waals surface area contributed by atoms with Crippen LogP contribution >= 0.6 is 0 Å². The maximum Gasteiger partial charge on any atom is 0.227 e. The molecule has 106 valence electrons. The van der Waals surface area contributed by atoms with E-state index >= 15 is 0 Å². The summed E-state index contributed by atoms with van der Waals surface area (Å²) in [5.74, 6) is 1.04. The molecule has 0 aliphatic carbocycles. The zero-order valence-electron chi connectivity index (χ0n) is 12.0. The van der Waals surface area contributed by atoms with Crippen molar-refractivity contribution in [2.75, 3.05) is 18.5 Å².